The molecular weight excluding hydrogens is 686 g/mol. The third-order valence-electron chi connectivity index (χ3n) is 4.72. The van der Waals surface area contributed by atoms with Crippen LogP contribution in [0.5, 0.6) is 11.5 Å². The summed E-state index contributed by atoms with van der Waals surface area (Å²) in [5, 5.41) is 0. The van der Waals surface area contributed by atoms with Crippen molar-refractivity contribution >= 4 is 64.9 Å². The van der Waals surface area contributed by atoms with Gasteiger partial charge in [-0.3, -0.25) is 0 Å². The quantitative estimate of drug-likeness (QED) is 0.219. The van der Waals surface area contributed by atoms with Crippen molar-refractivity contribution in [2.45, 2.75) is 19.6 Å². The molecule has 0 N–H and O–H groups in total. The Morgan fingerprint density at radius 1 is 0.485 bits per heavy atom. The lowest BCUT2D eigenvalue weighted by Gasteiger charge is -2.09. The molecule has 5 nitrogen and oxygen atoms in total. The zero-order valence-corrected chi connectivity index (χ0v) is 22.8. The molecule has 33 heavy (non-hydrogen) atoms. The van der Waals surface area contributed by atoms with Gasteiger partial charge < -0.3 is 4.74 Å². The van der Waals surface area contributed by atoms with Crippen molar-refractivity contribution in [2.75, 3.05) is 0 Å². The molecule has 0 aliphatic rings. The number of ether oxygens (including phenoxy) is 1. The molecule has 168 valence electrons. The van der Waals surface area contributed by atoms with Gasteiger partial charge in [0.1, 0.15) is 11.5 Å². The fourth-order valence-electron chi connectivity index (χ4n) is 3.05. The molecule has 0 aromatic heterocycles. The van der Waals surface area contributed by atoms with E-state index in [-0.39, 0.29) is 19.6 Å². The second-order valence-electron chi connectivity index (χ2n) is 6.97. The van der Waals surface area contributed by atoms with Crippen LogP contribution >= 0.6 is 45.2 Å². The number of hydrogen-bond acceptors (Lipinski definition) is 5. The van der Waals surface area contributed by atoms with Crippen LogP contribution in [0.4, 0.5) is 0 Å². The Morgan fingerprint density at radius 2 is 0.848 bits per heavy atom. The highest BCUT2D eigenvalue weighted by Crippen LogP contribution is 2.29. The van der Waals surface area contributed by atoms with E-state index >= 15 is 0 Å². The maximum absolute atomic E-state index is 12.8. The van der Waals surface area contributed by atoms with Gasteiger partial charge in [-0.2, -0.15) is 0 Å². The molecule has 0 heterocycles. The van der Waals surface area contributed by atoms with Crippen LogP contribution in [0.15, 0.2) is 117 Å². The Balaban J connectivity index is 1.52. The van der Waals surface area contributed by atoms with Crippen LogP contribution in [-0.4, -0.2) is 16.8 Å². The summed E-state index contributed by atoms with van der Waals surface area (Å²) in [7, 11) is -7.26. The molecule has 0 aliphatic heterocycles. The molecule has 0 saturated carbocycles. The minimum atomic E-state index is -3.63. The highest BCUT2D eigenvalue weighted by molar-refractivity contribution is 14.1. The molecule has 0 saturated heterocycles. The zero-order valence-electron chi connectivity index (χ0n) is 16.9. The van der Waals surface area contributed by atoms with Gasteiger partial charge in [-0.1, -0.05) is 12.1 Å². The van der Waals surface area contributed by atoms with Crippen molar-refractivity contribution in [3.8, 4) is 11.5 Å². The van der Waals surface area contributed by atoms with Crippen molar-refractivity contribution in [1.29, 1.82) is 0 Å². The van der Waals surface area contributed by atoms with E-state index in [1.165, 1.54) is 24.3 Å². The maximum atomic E-state index is 12.8. The molecule has 0 bridgehead atoms. The molecular formula is C24H16I2O5S2. The predicted molar refractivity (Wildman–Crippen MR) is 142 cm³/mol. The van der Waals surface area contributed by atoms with E-state index in [0.717, 1.165) is 7.14 Å². The Bertz CT molecular complexity index is 1400. The molecule has 0 amide bonds. The topological polar surface area (TPSA) is 77.5 Å². The van der Waals surface area contributed by atoms with Crippen LogP contribution in [0.3, 0.4) is 0 Å². The monoisotopic (exact) mass is 702 g/mol. The number of hydrogen-bond donors (Lipinski definition) is 0. The third-order valence-corrected chi connectivity index (χ3v) is 9.59. The van der Waals surface area contributed by atoms with Gasteiger partial charge in [0.25, 0.3) is 0 Å². The lowest BCUT2D eigenvalue weighted by atomic mass is 10.3. The highest BCUT2D eigenvalue weighted by Gasteiger charge is 2.19. The van der Waals surface area contributed by atoms with Crippen LogP contribution in [0, 0.1) is 7.14 Å². The number of benzene rings is 4. The fourth-order valence-corrected chi connectivity index (χ4v) is 7.17. The van der Waals surface area contributed by atoms with Gasteiger partial charge in [-0.05, 0) is 130 Å². The van der Waals surface area contributed by atoms with Crippen LogP contribution < -0.4 is 4.74 Å². The van der Waals surface area contributed by atoms with Crippen LogP contribution in [0.1, 0.15) is 0 Å². The average molecular weight is 702 g/mol. The van der Waals surface area contributed by atoms with Gasteiger partial charge in [0.15, 0.2) is 0 Å². The highest BCUT2D eigenvalue weighted by atomic mass is 127. The Hall–Kier alpha value is -1.96. The predicted octanol–water partition coefficient (Wildman–Crippen LogP) is 6.35. The fraction of sp³-hybridized carbons (Fsp3) is 0. The van der Waals surface area contributed by atoms with E-state index in [2.05, 4.69) is 45.2 Å². The summed E-state index contributed by atoms with van der Waals surface area (Å²) in [6.45, 7) is 0. The van der Waals surface area contributed by atoms with Crippen LogP contribution in [0.25, 0.3) is 0 Å². The Labute approximate surface area is 219 Å². The molecule has 4 aromatic rings. The molecule has 0 atom stereocenters. The molecule has 0 aliphatic carbocycles. The molecule has 4 rings (SSSR count). The van der Waals surface area contributed by atoms with Crippen molar-refractivity contribution in [3.63, 3.8) is 0 Å². The second-order valence-corrected chi connectivity index (χ2v) is 13.4. The minimum Gasteiger partial charge on any atom is -0.457 e. The Kier molecular flexibility index (Phi) is 7.12. The summed E-state index contributed by atoms with van der Waals surface area (Å²) in [6, 6.07) is 25.6. The minimum absolute atomic E-state index is 0.163. The lowest BCUT2D eigenvalue weighted by molar-refractivity contribution is 0.481. The van der Waals surface area contributed by atoms with E-state index < -0.39 is 19.7 Å². The van der Waals surface area contributed by atoms with Gasteiger partial charge in [-0.25, -0.2) is 16.8 Å². The standard InChI is InChI=1S/C24H16I2O5S2/c25-17-3-1-5-23(15-17)32(27,28)21-11-7-19(8-12-21)31-20-9-13-22(14-10-20)33(29,30)24-6-2-4-18(26)16-24/h1-16H. The van der Waals surface area contributed by atoms with Crippen molar-refractivity contribution in [3.05, 3.63) is 104 Å². The van der Waals surface area contributed by atoms with E-state index in [0.29, 0.717) is 11.5 Å². The molecule has 0 radical (unpaired) electrons. The number of halogens is 2. The molecule has 0 spiro atoms. The summed E-state index contributed by atoms with van der Waals surface area (Å²) in [5.74, 6) is 0.870. The molecule has 4 aromatic carbocycles. The molecule has 0 fully saturated rings. The van der Waals surface area contributed by atoms with Crippen LogP contribution in [-0.2, 0) is 19.7 Å². The van der Waals surface area contributed by atoms with Gasteiger partial charge in [0.05, 0.1) is 19.6 Å². The second kappa shape index (κ2) is 9.72. The van der Waals surface area contributed by atoms with Crippen molar-refractivity contribution < 1.29 is 21.6 Å². The van der Waals surface area contributed by atoms with Gasteiger partial charge in [-0.15, -0.1) is 0 Å². The van der Waals surface area contributed by atoms with E-state index in [4.69, 9.17) is 4.74 Å². The normalized spacial score (nSPS) is 11.8. The first kappa shape index (κ1) is 24.2. The number of rotatable bonds is 6. The van der Waals surface area contributed by atoms with Gasteiger partial charge in [0.2, 0.25) is 19.7 Å². The smallest absolute Gasteiger partial charge is 0.206 e. The first-order valence-corrected chi connectivity index (χ1v) is 14.7. The van der Waals surface area contributed by atoms with Gasteiger partial charge >= 0.3 is 0 Å². The van der Waals surface area contributed by atoms with Crippen molar-refractivity contribution in [1.82, 2.24) is 0 Å². The van der Waals surface area contributed by atoms with E-state index in [1.807, 2.05) is 12.1 Å². The van der Waals surface area contributed by atoms with Crippen molar-refractivity contribution in [2.24, 2.45) is 0 Å². The lowest BCUT2D eigenvalue weighted by Crippen LogP contribution is -2.02. The number of sulfone groups is 2. The molecule has 9 heteroatoms. The summed E-state index contributed by atoms with van der Waals surface area (Å²) >= 11 is 4.14. The first-order chi connectivity index (χ1) is 15.7. The summed E-state index contributed by atoms with van der Waals surface area (Å²) in [4.78, 5) is 0.785. The largest absolute Gasteiger partial charge is 0.457 e. The van der Waals surface area contributed by atoms with Crippen LogP contribution in [0.2, 0.25) is 0 Å². The van der Waals surface area contributed by atoms with Gasteiger partial charge in [0, 0.05) is 7.14 Å². The maximum Gasteiger partial charge on any atom is 0.206 e. The zero-order chi connectivity index (χ0) is 23.6. The summed E-state index contributed by atoms with van der Waals surface area (Å²) in [6.07, 6.45) is 0. The summed E-state index contributed by atoms with van der Waals surface area (Å²) < 4.78 is 58.7. The summed E-state index contributed by atoms with van der Waals surface area (Å²) in [5.41, 5.74) is 0. The van der Waals surface area contributed by atoms with E-state index in [9.17, 15) is 16.8 Å². The molecule has 0 unspecified atom stereocenters. The first-order valence-electron chi connectivity index (χ1n) is 9.55. The Morgan fingerprint density at radius 3 is 1.18 bits per heavy atom. The SMILES string of the molecule is O=S(=O)(c1ccc(Oc2ccc(S(=O)(=O)c3cccc(I)c3)cc2)cc1)c1cccc(I)c1. The van der Waals surface area contributed by atoms with E-state index in [1.54, 1.807) is 60.7 Å². The average Bonchev–Trinajstić information content (AvgIpc) is 2.80. The third kappa shape index (κ3) is 5.42.